The molecule has 0 aliphatic heterocycles. The molecule has 0 unspecified atom stereocenters. The van der Waals surface area contributed by atoms with Crippen molar-refractivity contribution < 1.29 is 0 Å². The molecule has 0 aliphatic carbocycles. The highest BCUT2D eigenvalue weighted by atomic mass is 32.1. The maximum atomic E-state index is 5.25. The standard InChI is InChI=1S/C41H25N3S/c1-3-11-37-33(10-1)39-34(20-19-32-31-9-2-4-14-38(31)45-41(32)39)40(44-37)30-8-5-7-29(25-30)26-15-17-27(18-16-26)35-12-6-13-36(43-35)28-21-23-42-24-22-28/h1-25H. The number of pyridine rings is 3. The van der Waals surface area contributed by atoms with Crippen molar-refractivity contribution in [3.8, 4) is 44.9 Å². The third-order valence-corrected chi connectivity index (χ3v) is 9.79. The van der Waals surface area contributed by atoms with E-state index < -0.39 is 0 Å². The van der Waals surface area contributed by atoms with E-state index in [9.17, 15) is 0 Å². The van der Waals surface area contributed by atoms with Crippen molar-refractivity contribution in [3.05, 3.63) is 152 Å². The molecule has 3 nitrogen and oxygen atoms in total. The number of rotatable bonds is 4. The van der Waals surface area contributed by atoms with Crippen molar-refractivity contribution in [2.24, 2.45) is 0 Å². The van der Waals surface area contributed by atoms with Crippen LogP contribution in [0.3, 0.4) is 0 Å². The largest absolute Gasteiger partial charge is 0.265 e. The molecule has 0 amide bonds. The molecule has 4 heterocycles. The Kier molecular flexibility index (Phi) is 6.00. The summed E-state index contributed by atoms with van der Waals surface area (Å²) >= 11 is 1.87. The highest BCUT2D eigenvalue weighted by Crippen LogP contribution is 2.43. The molecule has 210 valence electrons. The summed E-state index contributed by atoms with van der Waals surface area (Å²) in [5.41, 5.74) is 9.48. The summed E-state index contributed by atoms with van der Waals surface area (Å²) in [7, 11) is 0. The first kappa shape index (κ1) is 25.8. The fourth-order valence-electron chi connectivity index (χ4n) is 6.40. The molecular formula is C41H25N3S. The van der Waals surface area contributed by atoms with Crippen molar-refractivity contribution in [2.75, 3.05) is 0 Å². The summed E-state index contributed by atoms with van der Waals surface area (Å²) in [5, 5.41) is 6.28. The smallest absolute Gasteiger partial charge is 0.0788 e. The van der Waals surface area contributed by atoms with Crippen LogP contribution in [-0.4, -0.2) is 15.0 Å². The minimum atomic E-state index is 0.940. The van der Waals surface area contributed by atoms with Crippen molar-refractivity contribution in [3.63, 3.8) is 0 Å². The average Bonchev–Trinajstić information content (AvgIpc) is 3.51. The number of fused-ring (bicyclic) bond motifs is 7. The number of benzene rings is 5. The molecular weight excluding hydrogens is 567 g/mol. The summed E-state index contributed by atoms with van der Waals surface area (Å²) in [6.07, 6.45) is 3.60. The maximum absolute atomic E-state index is 5.25. The second kappa shape index (κ2) is 10.5. The Morgan fingerprint density at radius 2 is 1.09 bits per heavy atom. The van der Waals surface area contributed by atoms with Gasteiger partial charge in [-0.2, -0.15) is 0 Å². The number of aromatic nitrogens is 3. The Morgan fingerprint density at radius 1 is 0.422 bits per heavy atom. The Balaban J connectivity index is 1.15. The van der Waals surface area contributed by atoms with Gasteiger partial charge < -0.3 is 0 Å². The van der Waals surface area contributed by atoms with Gasteiger partial charge in [0.15, 0.2) is 0 Å². The predicted molar refractivity (Wildman–Crippen MR) is 189 cm³/mol. The molecule has 45 heavy (non-hydrogen) atoms. The van der Waals surface area contributed by atoms with Gasteiger partial charge in [-0.05, 0) is 53.6 Å². The molecule has 0 atom stereocenters. The lowest BCUT2D eigenvalue weighted by Gasteiger charge is -2.12. The molecule has 4 heteroatoms. The monoisotopic (exact) mass is 591 g/mol. The summed E-state index contributed by atoms with van der Waals surface area (Å²) in [5.74, 6) is 0. The molecule has 0 spiro atoms. The van der Waals surface area contributed by atoms with Crippen LogP contribution in [0.2, 0.25) is 0 Å². The Hall–Kier alpha value is -5.71. The number of nitrogens with zero attached hydrogens (tertiary/aromatic N) is 3. The van der Waals surface area contributed by atoms with Crippen molar-refractivity contribution >= 4 is 53.2 Å². The first-order valence-corrected chi connectivity index (χ1v) is 15.8. The maximum Gasteiger partial charge on any atom is 0.0788 e. The van der Waals surface area contributed by atoms with Crippen LogP contribution in [0.5, 0.6) is 0 Å². The minimum absolute atomic E-state index is 0.940. The lowest BCUT2D eigenvalue weighted by atomic mass is 9.95. The molecule has 0 saturated heterocycles. The number of para-hydroxylation sites is 1. The normalized spacial score (nSPS) is 11.6. The van der Waals surface area contributed by atoms with Crippen LogP contribution in [0.15, 0.2) is 152 Å². The Bertz CT molecular complexity index is 2530. The third kappa shape index (κ3) is 4.38. The molecule has 0 saturated carbocycles. The molecule has 0 aliphatic rings. The number of thiophene rings is 1. The number of hydrogen-bond donors (Lipinski definition) is 0. The summed E-state index contributed by atoms with van der Waals surface area (Å²) in [6, 6.07) is 49.3. The van der Waals surface area contributed by atoms with E-state index in [-0.39, 0.29) is 0 Å². The van der Waals surface area contributed by atoms with Crippen LogP contribution in [0.1, 0.15) is 0 Å². The highest BCUT2D eigenvalue weighted by molar-refractivity contribution is 7.26. The van der Waals surface area contributed by atoms with Gasteiger partial charge in [-0.1, -0.05) is 97.1 Å². The van der Waals surface area contributed by atoms with E-state index in [0.29, 0.717) is 0 Å². The van der Waals surface area contributed by atoms with E-state index in [1.807, 2.05) is 29.5 Å². The van der Waals surface area contributed by atoms with E-state index >= 15 is 0 Å². The topological polar surface area (TPSA) is 38.7 Å². The molecule has 5 aromatic carbocycles. The zero-order valence-corrected chi connectivity index (χ0v) is 25.0. The Labute approximate surface area is 264 Å². The van der Waals surface area contributed by atoms with Crippen molar-refractivity contribution in [2.45, 2.75) is 0 Å². The molecule has 0 fully saturated rings. The van der Waals surface area contributed by atoms with Gasteiger partial charge >= 0.3 is 0 Å². The van der Waals surface area contributed by atoms with Gasteiger partial charge in [-0.3, -0.25) is 4.98 Å². The Morgan fingerprint density at radius 3 is 1.93 bits per heavy atom. The average molecular weight is 592 g/mol. The van der Waals surface area contributed by atoms with Crippen LogP contribution >= 0.6 is 11.3 Å². The first-order valence-electron chi connectivity index (χ1n) is 15.0. The van der Waals surface area contributed by atoms with Gasteiger partial charge in [0.1, 0.15) is 0 Å². The van der Waals surface area contributed by atoms with Crippen LogP contribution in [0.4, 0.5) is 0 Å². The fraction of sp³-hybridized carbons (Fsp3) is 0. The minimum Gasteiger partial charge on any atom is -0.265 e. The van der Waals surface area contributed by atoms with Gasteiger partial charge in [0.2, 0.25) is 0 Å². The van der Waals surface area contributed by atoms with Crippen LogP contribution < -0.4 is 0 Å². The van der Waals surface area contributed by atoms with Crippen LogP contribution in [-0.2, 0) is 0 Å². The highest BCUT2D eigenvalue weighted by Gasteiger charge is 2.16. The second-order valence-corrected chi connectivity index (χ2v) is 12.3. The van der Waals surface area contributed by atoms with E-state index in [2.05, 4.69) is 126 Å². The van der Waals surface area contributed by atoms with Crippen molar-refractivity contribution in [1.29, 1.82) is 0 Å². The second-order valence-electron chi connectivity index (χ2n) is 11.2. The summed E-state index contributed by atoms with van der Waals surface area (Å²) < 4.78 is 2.63. The van der Waals surface area contributed by atoms with Gasteiger partial charge in [0.25, 0.3) is 0 Å². The van der Waals surface area contributed by atoms with E-state index in [1.165, 1.54) is 36.3 Å². The van der Waals surface area contributed by atoms with Crippen LogP contribution in [0.25, 0.3) is 86.7 Å². The zero-order chi connectivity index (χ0) is 29.7. The third-order valence-electron chi connectivity index (χ3n) is 8.58. The lowest BCUT2D eigenvalue weighted by molar-refractivity contribution is 1.29. The van der Waals surface area contributed by atoms with Gasteiger partial charge in [-0.25, -0.2) is 9.97 Å². The summed E-state index contributed by atoms with van der Waals surface area (Å²) in [4.78, 5) is 14.3. The summed E-state index contributed by atoms with van der Waals surface area (Å²) in [6.45, 7) is 0. The lowest BCUT2D eigenvalue weighted by Crippen LogP contribution is -1.91. The molecule has 9 aromatic rings. The van der Waals surface area contributed by atoms with E-state index in [0.717, 1.165) is 50.4 Å². The molecule has 0 radical (unpaired) electrons. The molecule has 4 aromatic heterocycles. The van der Waals surface area contributed by atoms with Crippen molar-refractivity contribution in [1.82, 2.24) is 15.0 Å². The fourth-order valence-corrected chi connectivity index (χ4v) is 7.66. The SMILES string of the molecule is c1cc(-c2ccc(-c3cccc(-c4ccncc4)n3)cc2)cc(-c2nc3ccccc3c3c2ccc2c4ccccc4sc23)c1. The van der Waals surface area contributed by atoms with Crippen LogP contribution in [0, 0.1) is 0 Å². The quantitative estimate of drug-likeness (QED) is 0.191. The molecule has 9 rings (SSSR count). The van der Waals surface area contributed by atoms with Gasteiger partial charge in [0.05, 0.1) is 22.6 Å². The van der Waals surface area contributed by atoms with Gasteiger partial charge in [-0.15, -0.1) is 11.3 Å². The predicted octanol–water partition coefficient (Wildman–Crippen LogP) is 11.2. The zero-order valence-electron chi connectivity index (χ0n) is 24.2. The van der Waals surface area contributed by atoms with E-state index in [1.54, 1.807) is 12.4 Å². The number of hydrogen-bond acceptors (Lipinski definition) is 4. The molecule has 0 bridgehead atoms. The first-order chi connectivity index (χ1) is 22.3. The van der Waals surface area contributed by atoms with Gasteiger partial charge in [0, 0.05) is 65.4 Å². The molecule has 0 N–H and O–H groups in total. The van der Waals surface area contributed by atoms with E-state index in [4.69, 9.17) is 9.97 Å².